The zero-order chi connectivity index (χ0) is 18.2. The van der Waals surface area contributed by atoms with Crippen molar-refractivity contribution >= 4 is 12.6 Å². The molecule has 0 amide bonds. The molecular formula is C10H17N3O9S. The molecule has 12 nitrogen and oxygen atoms in total. The minimum absolute atomic E-state index is 0.0580. The largest absolute Gasteiger partial charge is 0.389 e. The van der Waals surface area contributed by atoms with Crippen molar-refractivity contribution in [2.24, 2.45) is 0 Å². The second kappa shape index (κ2) is 6.56. The van der Waals surface area contributed by atoms with Crippen LogP contribution >= 0.6 is 12.6 Å². The van der Waals surface area contributed by atoms with Crippen LogP contribution in [0.3, 0.4) is 0 Å². The van der Waals surface area contributed by atoms with Gasteiger partial charge < -0.3 is 30.6 Å². The maximum Gasteiger partial charge on any atom is 0.345 e. The highest BCUT2D eigenvalue weighted by Crippen LogP contribution is 2.11. The summed E-state index contributed by atoms with van der Waals surface area (Å²) >= 11 is 3.92. The Morgan fingerprint density at radius 2 is 1.26 bits per heavy atom. The van der Waals surface area contributed by atoms with Crippen molar-refractivity contribution in [1.82, 2.24) is 13.7 Å². The first-order valence-electron chi connectivity index (χ1n) is 6.27. The predicted octanol–water partition coefficient (Wildman–Crippen LogP) is -4.82. The summed E-state index contributed by atoms with van der Waals surface area (Å²) in [4.78, 5) is 36.5. The summed E-state index contributed by atoms with van der Waals surface area (Å²) in [7, 11) is 0. The van der Waals surface area contributed by atoms with E-state index in [2.05, 4.69) is 12.6 Å². The Morgan fingerprint density at radius 1 is 0.913 bits per heavy atom. The van der Waals surface area contributed by atoms with E-state index < -0.39 is 47.5 Å². The van der Waals surface area contributed by atoms with Crippen molar-refractivity contribution in [1.29, 1.82) is 0 Å². The van der Waals surface area contributed by atoms with Gasteiger partial charge in [-0.25, -0.2) is 19.0 Å². The SMILES string of the molecule is CCC(S)n1c(=O)n(C(O)(O)CO)c(=O)n(C(O)(O)CO)c1=O. The van der Waals surface area contributed by atoms with Crippen LogP contribution in [0.5, 0.6) is 0 Å². The molecule has 0 spiro atoms. The van der Waals surface area contributed by atoms with Crippen LogP contribution in [0.1, 0.15) is 18.7 Å². The van der Waals surface area contributed by atoms with E-state index in [1.807, 2.05) is 0 Å². The number of thiol groups is 1. The van der Waals surface area contributed by atoms with Crippen molar-refractivity contribution in [3.8, 4) is 0 Å². The van der Waals surface area contributed by atoms with Crippen LogP contribution < -0.4 is 17.1 Å². The minimum Gasteiger partial charge on any atom is -0.389 e. The number of nitrogens with zero attached hydrogens (tertiary/aromatic N) is 3. The highest BCUT2D eigenvalue weighted by molar-refractivity contribution is 7.80. The normalized spacial score (nSPS) is 14.1. The maximum absolute atomic E-state index is 12.2. The van der Waals surface area contributed by atoms with E-state index in [9.17, 15) is 34.8 Å². The zero-order valence-corrected chi connectivity index (χ0v) is 12.8. The molecule has 1 unspecified atom stereocenters. The van der Waals surface area contributed by atoms with Gasteiger partial charge in [0, 0.05) is 0 Å². The lowest BCUT2D eigenvalue weighted by Gasteiger charge is -2.27. The summed E-state index contributed by atoms with van der Waals surface area (Å²) in [6.45, 7) is -1.54. The fourth-order valence-corrected chi connectivity index (χ4v) is 1.95. The fraction of sp³-hybridized carbons (Fsp3) is 0.700. The fourth-order valence-electron chi connectivity index (χ4n) is 1.75. The van der Waals surface area contributed by atoms with Gasteiger partial charge in [0.05, 0.1) is 5.37 Å². The molecule has 0 saturated heterocycles. The molecule has 13 heteroatoms. The third-order valence-electron chi connectivity index (χ3n) is 2.98. The number of hydrogen-bond acceptors (Lipinski definition) is 10. The first-order valence-corrected chi connectivity index (χ1v) is 6.78. The molecule has 1 atom stereocenters. The summed E-state index contributed by atoms with van der Waals surface area (Å²) in [5.74, 6) is -6.86. The van der Waals surface area contributed by atoms with E-state index >= 15 is 0 Å². The minimum atomic E-state index is -3.43. The standard InChI is InChI=1S/C10H17N3O9S/c1-2-5(23)11-6(16)12(9(19,20)3-14)8(18)13(7(11)17)10(21,22)4-15/h5,14-15,19-23H,2-4H2,1H3. The average molecular weight is 355 g/mol. The maximum atomic E-state index is 12.2. The third-order valence-corrected chi connectivity index (χ3v) is 3.58. The molecule has 0 aliphatic heterocycles. The van der Waals surface area contributed by atoms with Gasteiger partial charge in [0.25, 0.3) is 11.8 Å². The molecule has 1 aromatic rings. The van der Waals surface area contributed by atoms with Crippen LogP contribution in [0.2, 0.25) is 0 Å². The summed E-state index contributed by atoms with van der Waals surface area (Å²) < 4.78 is -0.507. The quantitative estimate of drug-likeness (QED) is 0.194. The molecule has 132 valence electrons. The van der Waals surface area contributed by atoms with Gasteiger partial charge in [-0.3, -0.25) is 0 Å². The number of aromatic nitrogens is 3. The Hall–Kier alpha value is -1.48. The van der Waals surface area contributed by atoms with Crippen molar-refractivity contribution in [2.45, 2.75) is 30.5 Å². The second-order valence-electron chi connectivity index (χ2n) is 4.64. The van der Waals surface area contributed by atoms with E-state index in [-0.39, 0.29) is 20.1 Å². The molecule has 0 aliphatic rings. The third kappa shape index (κ3) is 3.25. The highest BCUT2D eigenvalue weighted by Gasteiger charge is 2.38. The molecule has 0 aromatic carbocycles. The van der Waals surface area contributed by atoms with Gasteiger partial charge in [0.1, 0.15) is 13.2 Å². The summed E-state index contributed by atoms with van der Waals surface area (Å²) in [5, 5.41) is 55.0. The predicted molar refractivity (Wildman–Crippen MR) is 76.5 cm³/mol. The van der Waals surface area contributed by atoms with Gasteiger partial charge in [-0.1, -0.05) is 6.92 Å². The van der Waals surface area contributed by atoms with Crippen LogP contribution in [0, 0.1) is 0 Å². The van der Waals surface area contributed by atoms with Crippen molar-refractivity contribution in [3.05, 3.63) is 31.5 Å². The average Bonchev–Trinajstić information content (AvgIpc) is 2.46. The Kier molecular flexibility index (Phi) is 5.58. The topological polar surface area (TPSA) is 187 Å². The van der Waals surface area contributed by atoms with Crippen LogP contribution in [-0.4, -0.2) is 57.6 Å². The van der Waals surface area contributed by atoms with Gasteiger partial charge in [-0.2, -0.15) is 21.8 Å². The van der Waals surface area contributed by atoms with Gasteiger partial charge in [0.15, 0.2) is 0 Å². The van der Waals surface area contributed by atoms with Crippen molar-refractivity contribution in [3.63, 3.8) is 0 Å². The molecular weight excluding hydrogens is 338 g/mol. The number of aliphatic hydroxyl groups excluding tert-OH is 2. The Bertz CT molecular complexity index is 693. The molecule has 0 bridgehead atoms. The molecule has 0 radical (unpaired) electrons. The lowest BCUT2D eigenvalue weighted by Crippen LogP contribution is -2.65. The number of hydrogen-bond donors (Lipinski definition) is 7. The molecule has 0 aliphatic carbocycles. The van der Waals surface area contributed by atoms with Gasteiger partial charge >= 0.3 is 17.1 Å². The molecule has 23 heavy (non-hydrogen) atoms. The van der Waals surface area contributed by atoms with Crippen LogP contribution in [0.15, 0.2) is 14.4 Å². The smallest absolute Gasteiger partial charge is 0.345 e. The first kappa shape index (κ1) is 19.6. The lowest BCUT2D eigenvalue weighted by atomic mass is 10.4. The Balaban J connectivity index is 4.11. The second-order valence-corrected chi connectivity index (χ2v) is 5.24. The number of aliphatic hydroxyl groups is 6. The van der Waals surface area contributed by atoms with Crippen LogP contribution in [-0.2, 0) is 11.8 Å². The monoisotopic (exact) mass is 355 g/mol. The van der Waals surface area contributed by atoms with Gasteiger partial charge in [0.2, 0.25) is 0 Å². The Labute approximate surface area is 133 Å². The van der Waals surface area contributed by atoms with Crippen LogP contribution in [0.4, 0.5) is 0 Å². The first-order chi connectivity index (χ1) is 10.5. The molecule has 1 heterocycles. The van der Waals surface area contributed by atoms with Crippen molar-refractivity contribution < 1.29 is 30.6 Å². The summed E-state index contributed by atoms with van der Waals surface area (Å²) in [6, 6.07) is 0. The van der Waals surface area contributed by atoms with E-state index in [0.29, 0.717) is 0 Å². The number of rotatable bonds is 6. The molecule has 0 fully saturated rings. The zero-order valence-electron chi connectivity index (χ0n) is 11.9. The Morgan fingerprint density at radius 3 is 1.52 bits per heavy atom. The lowest BCUT2D eigenvalue weighted by molar-refractivity contribution is -0.271. The van der Waals surface area contributed by atoms with Crippen LogP contribution in [0.25, 0.3) is 0 Å². The van der Waals surface area contributed by atoms with E-state index in [1.165, 1.54) is 6.92 Å². The molecule has 6 N–H and O–H groups in total. The molecule has 1 aromatic heterocycles. The van der Waals surface area contributed by atoms with Crippen molar-refractivity contribution in [2.75, 3.05) is 13.2 Å². The summed E-state index contributed by atoms with van der Waals surface area (Å²) in [5.41, 5.74) is -4.97. The van der Waals surface area contributed by atoms with E-state index in [4.69, 9.17) is 10.2 Å². The summed E-state index contributed by atoms with van der Waals surface area (Å²) in [6.07, 6.45) is 0.0580. The molecule has 1 rings (SSSR count). The van der Waals surface area contributed by atoms with E-state index in [0.717, 1.165) is 0 Å². The molecule has 0 saturated carbocycles. The highest BCUT2D eigenvalue weighted by atomic mass is 32.1. The van der Waals surface area contributed by atoms with Gasteiger partial charge in [-0.15, -0.1) is 0 Å². The van der Waals surface area contributed by atoms with Gasteiger partial charge in [-0.05, 0) is 6.42 Å². The van der Waals surface area contributed by atoms with E-state index in [1.54, 1.807) is 0 Å².